The van der Waals surface area contributed by atoms with Crippen molar-refractivity contribution in [1.82, 2.24) is 19.2 Å². The Bertz CT molecular complexity index is 1730. The largest absolute Gasteiger partial charge is 0.368 e. The molecular formula is C28H26N6O4S. The standard InChI is InChI=1S/C28H26N6O4S/c29-26(35)23-9-5-13-34(23)39(37,38)24-10-4-3-8-20(24)17-11-12-22-21(14-17)25(32-28(30)31-22)27(36)33-15-18-6-1-2-7-19(18)16-33/h1-4,6-8,10-12,14,23H,5,9,13,15-16H2,(H2,29,35)(H2,30,31,32). The van der Waals surface area contributed by atoms with Crippen molar-refractivity contribution in [1.29, 1.82) is 0 Å². The fraction of sp³-hybridized carbons (Fsp3) is 0.214. The van der Waals surface area contributed by atoms with Crippen LogP contribution in [0.15, 0.2) is 71.6 Å². The van der Waals surface area contributed by atoms with Crippen molar-refractivity contribution < 1.29 is 18.0 Å². The van der Waals surface area contributed by atoms with Crippen LogP contribution < -0.4 is 11.5 Å². The third-order valence-corrected chi connectivity index (χ3v) is 9.33. The normalized spacial score (nSPS) is 17.4. The number of amides is 2. The van der Waals surface area contributed by atoms with E-state index in [1.165, 1.54) is 10.4 Å². The van der Waals surface area contributed by atoms with E-state index in [0.717, 1.165) is 11.1 Å². The summed E-state index contributed by atoms with van der Waals surface area (Å²) in [6, 6.07) is 18.7. The zero-order chi connectivity index (χ0) is 27.3. The molecule has 0 spiro atoms. The van der Waals surface area contributed by atoms with Gasteiger partial charge in [-0.05, 0) is 47.7 Å². The summed E-state index contributed by atoms with van der Waals surface area (Å²) in [5.41, 5.74) is 15.2. The van der Waals surface area contributed by atoms with Gasteiger partial charge in [-0.25, -0.2) is 18.4 Å². The number of nitrogen functional groups attached to an aromatic ring is 1. The Morgan fingerprint density at radius 3 is 2.33 bits per heavy atom. The van der Waals surface area contributed by atoms with Crippen LogP contribution in [0.1, 0.15) is 34.5 Å². The highest BCUT2D eigenvalue weighted by Crippen LogP contribution is 2.35. The van der Waals surface area contributed by atoms with Gasteiger partial charge in [0.2, 0.25) is 21.9 Å². The zero-order valence-corrected chi connectivity index (χ0v) is 21.8. The number of anilines is 1. The average molecular weight is 543 g/mol. The summed E-state index contributed by atoms with van der Waals surface area (Å²) in [6.45, 7) is 1.13. The Morgan fingerprint density at radius 2 is 1.62 bits per heavy atom. The van der Waals surface area contributed by atoms with Crippen molar-refractivity contribution >= 4 is 38.7 Å². The van der Waals surface area contributed by atoms with Crippen molar-refractivity contribution in [3.8, 4) is 11.1 Å². The van der Waals surface area contributed by atoms with E-state index in [-0.39, 0.29) is 29.0 Å². The number of carbonyl (C=O) groups is 2. The topological polar surface area (TPSA) is 153 Å². The summed E-state index contributed by atoms with van der Waals surface area (Å²) >= 11 is 0. The first-order chi connectivity index (χ1) is 18.7. The number of primary amides is 1. The van der Waals surface area contributed by atoms with Crippen molar-refractivity contribution in [2.45, 2.75) is 36.9 Å². The molecule has 1 aromatic heterocycles. The Balaban J connectivity index is 1.43. The fourth-order valence-corrected chi connectivity index (χ4v) is 7.35. The highest BCUT2D eigenvalue weighted by atomic mass is 32.2. The summed E-state index contributed by atoms with van der Waals surface area (Å²) in [6.07, 6.45) is 0.937. The molecule has 11 heteroatoms. The first-order valence-electron chi connectivity index (χ1n) is 12.6. The molecule has 3 aromatic carbocycles. The third kappa shape index (κ3) is 4.29. The van der Waals surface area contributed by atoms with Gasteiger partial charge < -0.3 is 16.4 Å². The lowest BCUT2D eigenvalue weighted by Crippen LogP contribution is -2.43. The molecule has 0 bridgehead atoms. The van der Waals surface area contributed by atoms with Crippen LogP contribution >= 0.6 is 0 Å². The smallest absolute Gasteiger partial charge is 0.273 e. The lowest BCUT2D eigenvalue weighted by molar-refractivity contribution is -0.121. The van der Waals surface area contributed by atoms with Crippen LogP contribution in [0.5, 0.6) is 0 Å². The zero-order valence-electron chi connectivity index (χ0n) is 20.9. The quantitative estimate of drug-likeness (QED) is 0.393. The molecule has 4 aromatic rings. The fourth-order valence-electron chi connectivity index (χ4n) is 5.47. The number of aromatic nitrogens is 2. The molecule has 198 valence electrons. The van der Waals surface area contributed by atoms with Crippen molar-refractivity contribution in [2.75, 3.05) is 12.3 Å². The molecule has 2 aliphatic heterocycles. The van der Waals surface area contributed by atoms with E-state index in [4.69, 9.17) is 11.5 Å². The molecule has 0 aliphatic carbocycles. The third-order valence-electron chi connectivity index (χ3n) is 7.36. The van der Waals surface area contributed by atoms with Crippen LogP contribution in [0.2, 0.25) is 0 Å². The summed E-state index contributed by atoms with van der Waals surface area (Å²) in [5, 5.41) is 0.464. The number of nitrogens with zero attached hydrogens (tertiary/aromatic N) is 4. The molecule has 10 nitrogen and oxygen atoms in total. The molecule has 2 aliphatic rings. The molecule has 1 unspecified atom stereocenters. The summed E-state index contributed by atoms with van der Waals surface area (Å²) < 4.78 is 28.6. The predicted molar refractivity (Wildman–Crippen MR) is 146 cm³/mol. The van der Waals surface area contributed by atoms with Crippen molar-refractivity contribution in [3.63, 3.8) is 0 Å². The Kier molecular flexibility index (Phi) is 6.04. The second-order valence-corrected chi connectivity index (χ2v) is 11.6. The van der Waals surface area contributed by atoms with Gasteiger partial charge in [-0.2, -0.15) is 4.31 Å². The summed E-state index contributed by atoms with van der Waals surface area (Å²) in [5.74, 6) is -0.976. The van der Waals surface area contributed by atoms with Crippen LogP contribution in [0, 0.1) is 0 Å². The van der Waals surface area contributed by atoms with Crippen LogP contribution in [0.4, 0.5) is 5.95 Å². The van der Waals surface area contributed by atoms with E-state index in [1.54, 1.807) is 41.3 Å². The molecular weight excluding hydrogens is 516 g/mol. The Morgan fingerprint density at radius 1 is 0.923 bits per heavy atom. The second kappa shape index (κ2) is 9.44. The molecule has 6 rings (SSSR count). The van der Waals surface area contributed by atoms with Crippen molar-refractivity contribution in [3.05, 3.63) is 83.6 Å². The van der Waals surface area contributed by atoms with Crippen molar-refractivity contribution in [2.24, 2.45) is 5.73 Å². The lowest BCUT2D eigenvalue weighted by atomic mass is 10.0. The van der Waals surface area contributed by atoms with Gasteiger partial charge in [-0.15, -0.1) is 0 Å². The molecule has 1 fully saturated rings. The Labute approximate surface area is 225 Å². The summed E-state index contributed by atoms with van der Waals surface area (Å²) in [4.78, 5) is 36.0. The number of fused-ring (bicyclic) bond motifs is 2. The molecule has 39 heavy (non-hydrogen) atoms. The van der Waals surface area contributed by atoms with Gasteiger partial charge in [0.25, 0.3) is 5.91 Å². The van der Waals surface area contributed by atoms with E-state index in [9.17, 15) is 18.0 Å². The van der Waals surface area contributed by atoms with E-state index >= 15 is 0 Å². The van der Waals surface area contributed by atoms with Crippen LogP contribution in [-0.4, -0.2) is 52.0 Å². The molecule has 1 atom stereocenters. The van der Waals surface area contributed by atoms with E-state index in [2.05, 4.69) is 9.97 Å². The van der Waals surface area contributed by atoms with Gasteiger partial charge in [0.1, 0.15) is 11.7 Å². The number of carbonyl (C=O) groups excluding carboxylic acids is 2. The maximum Gasteiger partial charge on any atom is 0.273 e. The van der Waals surface area contributed by atoms with Gasteiger partial charge in [0, 0.05) is 30.6 Å². The lowest BCUT2D eigenvalue weighted by Gasteiger charge is -2.23. The molecule has 0 radical (unpaired) electrons. The number of nitrogens with two attached hydrogens (primary N) is 2. The second-order valence-electron chi connectivity index (χ2n) is 9.76. The van der Waals surface area contributed by atoms with Gasteiger partial charge in [-0.1, -0.05) is 48.5 Å². The van der Waals surface area contributed by atoms with E-state index in [0.29, 0.717) is 48.0 Å². The highest BCUT2D eigenvalue weighted by Gasteiger charge is 2.39. The molecule has 1 saturated heterocycles. The number of hydrogen-bond donors (Lipinski definition) is 2. The van der Waals surface area contributed by atoms with Crippen LogP contribution in [0.25, 0.3) is 22.0 Å². The first-order valence-corrected chi connectivity index (χ1v) is 14.0. The van der Waals surface area contributed by atoms with E-state index < -0.39 is 22.0 Å². The van der Waals surface area contributed by atoms with Gasteiger partial charge in [0.15, 0.2) is 0 Å². The first kappa shape index (κ1) is 25.0. The maximum absolute atomic E-state index is 13.7. The number of rotatable bonds is 5. The summed E-state index contributed by atoms with van der Waals surface area (Å²) in [7, 11) is -4.04. The molecule has 2 amide bonds. The monoisotopic (exact) mass is 542 g/mol. The van der Waals surface area contributed by atoms with Crippen LogP contribution in [-0.2, 0) is 27.9 Å². The van der Waals surface area contributed by atoms with Crippen LogP contribution in [0.3, 0.4) is 0 Å². The molecule has 4 N–H and O–H groups in total. The molecule has 3 heterocycles. The number of hydrogen-bond acceptors (Lipinski definition) is 7. The number of benzene rings is 3. The van der Waals surface area contributed by atoms with Gasteiger partial charge in [-0.3, -0.25) is 9.59 Å². The van der Waals surface area contributed by atoms with Gasteiger partial charge in [0.05, 0.1) is 10.4 Å². The predicted octanol–water partition coefficient (Wildman–Crippen LogP) is 2.67. The highest BCUT2D eigenvalue weighted by molar-refractivity contribution is 7.89. The van der Waals surface area contributed by atoms with Gasteiger partial charge >= 0.3 is 0 Å². The number of sulfonamides is 1. The SMILES string of the molecule is NC(=O)C1CCCN1S(=O)(=O)c1ccccc1-c1ccc2nc(N)nc(C(=O)N3Cc4ccccc4C3)c2c1. The maximum atomic E-state index is 13.7. The Hall–Kier alpha value is -4.35. The van der Waals surface area contributed by atoms with E-state index in [1.807, 2.05) is 24.3 Å². The minimum Gasteiger partial charge on any atom is -0.368 e. The molecule has 0 saturated carbocycles. The average Bonchev–Trinajstić information content (AvgIpc) is 3.60. The minimum atomic E-state index is -4.04. The minimum absolute atomic E-state index is 0.0233.